The Kier molecular flexibility index (Phi) is 5.44. The molecule has 0 spiro atoms. The van der Waals surface area contributed by atoms with Crippen LogP contribution in [0.2, 0.25) is 5.02 Å². The van der Waals surface area contributed by atoms with Crippen molar-refractivity contribution >= 4 is 39.7 Å². The number of nitrogens with one attached hydrogen (secondary N) is 1. The number of halogens is 4. The highest BCUT2D eigenvalue weighted by Crippen LogP contribution is 2.35. The fourth-order valence-electron chi connectivity index (χ4n) is 3.96. The maximum Gasteiger partial charge on any atom is 0.405 e. The first-order chi connectivity index (χ1) is 16.2. The quantitative estimate of drug-likeness (QED) is 0.402. The average Bonchev–Trinajstić information content (AvgIpc) is 3.10. The number of fused-ring (bicyclic) bond motifs is 2. The van der Waals surface area contributed by atoms with Crippen molar-refractivity contribution in [3.8, 4) is 0 Å². The Morgan fingerprint density at radius 2 is 1.88 bits per heavy atom. The van der Waals surface area contributed by atoms with Gasteiger partial charge in [0, 0.05) is 52.4 Å². The van der Waals surface area contributed by atoms with E-state index in [4.69, 9.17) is 11.6 Å². The maximum atomic E-state index is 12.7. The summed E-state index contributed by atoms with van der Waals surface area (Å²) in [6.45, 7) is 1.28. The molecule has 2 aromatic carbocycles. The molecule has 1 aliphatic rings. The van der Waals surface area contributed by atoms with Crippen LogP contribution in [0.15, 0.2) is 54.9 Å². The molecule has 0 aliphatic carbocycles. The van der Waals surface area contributed by atoms with Crippen LogP contribution >= 0.6 is 11.6 Å². The van der Waals surface area contributed by atoms with E-state index >= 15 is 0 Å². The largest absolute Gasteiger partial charge is 0.405 e. The summed E-state index contributed by atoms with van der Waals surface area (Å²) in [5.74, 6) is -0.0724. The van der Waals surface area contributed by atoms with E-state index in [1.165, 1.54) is 0 Å². The van der Waals surface area contributed by atoms with Gasteiger partial charge in [-0.15, -0.1) is 0 Å². The Morgan fingerprint density at radius 3 is 2.62 bits per heavy atom. The molecule has 0 amide bonds. The first-order valence-electron chi connectivity index (χ1n) is 10.5. The van der Waals surface area contributed by atoms with Crippen molar-refractivity contribution in [2.75, 3.05) is 16.8 Å². The minimum Gasteiger partial charge on any atom is -0.345 e. The number of alkyl halides is 3. The van der Waals surface area contributed by atoms with Crippen LogP contribution in [0.4, 0.5) is 24.8 Å². The molecular weight excluding hydrogens is 465 g/mol. The van der Waals surface area contributed by atoms with E-state index in [0.717, 1.165) is 39.0 Å². The van der Waals surface area contributed by atoms with Gasteiger partial charge in [0.05, 0.1) is 17.8 Å². The molecule has 0 saturated carbocycles. The number of nitrogens with zero attached hydrogens (tertiary/aromatic N) is 5. The standard InChI is InChI=1S/C24H20ClF3N6/c1-14-19-9-18(7-8-21(19)32-33(14)2)34-11-16-10-29-23(30-13-24(26,27)28)31-22(16)20(12-34)15-3-5-17(25)6-4-15/h3-10,12H,11,13H2,1-2H3,(H,29,30,31). The molecule has 5 rings (SSSR count). The highest BCUT2D eigenvalue weighted by atomic mass is 35.5. The van der Waals surface area contributed by atoms with Crippen molar-refractivity contribution in [1.29, 1.82) is 0 Å². The van der Waals surface area contributed by atoms with Gasteiger partial charge < -0.3 is 10.2 Å². The van der Waals surface area contributed by atoms with E-state index < -0.39 is 12.7 Å². The molecule has 0 radical (unpaired) electrons. The van der Waals surface area contributed by atoms with Gasteiger partial charge in [0.1, 0.15) is 6.54 Å². The zero-order valence-corrected chi connectivity index (χ0v) is 19.1. The monoisotopic (exact) mass is 484 g/mol. The van der Waals surface area contributed by atoms with Crippen molar-refractivity contribution in [2.24, 2.45) is 7.05 Å². The van der Waals surface area contributed by atoms with Gasteiger partial charge in [-0.2, -0.15) is 18.3 Å². The number of hydrogen-bond donors (Lipinski definition) is 1. The van der Waals surface area contributed by atoms with Crippen molar-refractivity contribution < 1.29 is 13.2 Å². The smallest absolute Gasteiger partial charge is 0.345 e. The van der Waals surface area contributed by atoms with E-state index in [9.17, 15) is 13.2 Å². The summed E-state index contributed by atoms with van der Waals surface area (Å²) in [6.07, 6.45) is -0.836. The Balaban J connectivity index is 1.58. The molecule has 34 heavy (non-hydrogen) atoms. The summed E-state index contributed by atoms with van der Waals surface area (Å²) in [5, 5.41) is 8.42. The van der Waals surface area contributed by atoms with Crippen LogP contribution in [0, 0.1) is 6.92 Å². The maximum absolute atomic E-state index is 12.7. The van der Waals surface area contributed by atoms with Crippen molar-refractivity contribution in [2.45, 2.75) is 19.6 Å². The van der Waals surface area contributed by atoms with Crippen molar-refractivity contribution in [3.05, 3.63) is 82.4 Å². The molecule has 10 heteroatoms. The van der Waals surface area contributed by atoms with E-state index in [1.54, 1.807) is 18.3 Å². The van der Waals surface area contributed by atoms with E-state index in [0.29, 0.717) is 17.3 Å². The third-order valence-corrected chi connectivity index (χ3v) is 6.04. The summed E-state index contributed by atoms with van der Waals surface area (Å²) in [5.41, 5.74) is 5.91. The number of benzene rings is 2. The molecule has 4 aromatic rings. The molecule has 1 aliphatic heterocycles. The second-order valence-corrected chi connectivity index (χ2v) is 8.56. The molecule has 0 bridgehead atoms. The second-order valence-electron chi connectivity index (χ2n) is 8.12. The molecule has 0 saturated heterocycles. The van der Waals surface area contributed by atoms with Gasteiger partial charge in [0.2, 0.25) is 5.95 Å². The van der Waals surface area contributed by atoms with Crippen LogP contribution in [-0.2, 0) is 13.6 Å². The highest BCUT2D eigenvalue weighted by molar-refractivity contribution is 6.30. The highest BCUT2D eigenvalue weighted by Gasteiger charge is 2.28. The molecular formula is C24H20ClF3N6. The lowest BCUT2D eigenvalue weighted by molar-refractivity contribution is -0.115. The van der Waals surface area contributed by atoms with Gasteiger partial charge in [0.25, 0.3) is 0 Å². The van der Waals surface area contributed by atoms with Gasteiger partial charge in [0.15, 0.2) is 0 Å². The SMILES string of the molecule is Cc1c2cc(N3C=C(c4ccc(Cl)cc4)c4nc(NCC(F)(F)F)ncc4C3)ccc2nn1C. The number of hydrogen-bond acceptors (Lipinski definition) is 5. The van der Waals surface area contributed by atoms with Gasteiger partial charge >= 0.3 is 6.18 Å². The zero-order chi connectivity index (χ0) is 24.0. The van der Waals surface area contributed by atoms with E-state index in [1.807, 2.05) is 49.1 Å². The topological polar surface area (TPSA) is 58.9 Å². The van der Waals surface area contributed by atoms with Crippen LogP contribution in [-0.4, -0.2) is 32.5 Å². The third kappa shape index (κ3) is 4.31. The lowest BCUT2D eigenvalue weighted by Crippen LogP contribution is -2.25. The predicted molar refractivity (Wildman–Crippen MR) is 127 cm³/mol. The van der Waals surface area contributed by atoms with Gasteiger partial charge in [-0.1, -0.05) is 23.7 Å². The van der Waals surface area contributed by atoms with Crippen molar-refractivity contribution in [1.82, 2.24) is 19.7 Å². The van der Waals surface area contributed by atoms with Crippen LogP contribution in [0.1, 0.15) is 22.5 Å². The van der Waals surface area contributed by atoms with Gasteiger partial charge in [-0.05, 0) is 42.8 Å². The van der Waals surface area contributed by atoms with Crippen molar-refractivity contribution in [3.63, 3.8) is 0 Å². The minimum absolute atomic E-state index is 0.0724. The summed E-state index contributed by atoms with van der Waals surface area (Å²) >= 11 is 6.08. The lowest BCUT2D eigenvalue weighted by Gasteiger charge is -2.29. The van der Waals surface area contributed by atoms with Crippen LogP contribution in [0.25, 0.3) is 16.5 Å². The summed E-state index contributed by atoms with van der Waals surface area (Å²) < 4.78 is 39.9. The molecule has 0 fully saturated rings. The molecule has 0 atom stereocenters. The van der Waals surface area contributed by atoms with Crippen LogP contribution in [0.3, 0.4) is 0 Å². The summed E-state index contributed by atoms with van der Waals surface area (Å²) in [7, 11) is 1.91. The van der Waals surface area contributed by atoms with Crippen LogP contribution < -0.4 is 10.2 Å². The number of anilines is 2. The lowest BCUT2D eigenvalue weighted by atomic mass is 9.97. The summed E-state index contributed by atoms with van der Waals surface area (Å²) in [4.78, 5) is 10.6. The molecule has 174 valence electrons. The Bertz CT molecular complexity index is 1410. The molecule has 3 heterocycles. The Hall–Kier alpha value is -3.59. The first-order valence-corrected chi connectivity index (χ1v) is 10.9. The molecule has 6 nitrogen and oxygen atoms in total. The van der Waals surface area contributed by atoms with Gasteiger partial charge in [-0.25, -0.2) is 9.97 Å². The molecule has 1 N–H and O–H groups in total. The second kappa shape index (κ2) is 8.32. The fraction of sp³-hybridized carbons (Fsp3) is 0.208. The van der Waals surface area contributed by atoms with Crippen LogP contribution in [0.5, 0.6) is 0 Å². The van der Waals surface area contributed by atoms with Gasteiger partial charge in [-0.3, -0.25) is 4.68 Å². The first kappa shape index (κ1) is 22.2. The number of rotatable bonds is 4. The Morgan fingerprint density at radius 1 is 1.12 bits per heavy atom. The Labute approximate surface area is 198 Å². The average molecular weight is 485 g/mol. The van der Waals surface area contributed by atoms with E-state index in [2.05, 4.69) is 31.3 Å². The molecule has 0 unspecified atom stereocenters. The molecule has 2 aromatic heterocycles. The van der Waals surface area contributed by atoms with E-state index in [-0.39, 0.29) is 5.95 Å². The fourth-order valence-corrected chi connectivity index (χ4v) is 4.09. The number of aromatic nitrogens is 4. The predicted octanol–water partition coefficient (Wildman–Crippen LogP) is 5.71. The number of aryl methyl sites for hydroxylation is 2. The zero-order valence-electron chi connectivity index (χ0n) is 18.4. The minimum atomic E-state index is -4.37. The normalized spacial score (nSPS) is 13.7. The summed E-state index contributed by atoms with van der Waals surface area (Å²) in [6, 6.07) is 13.3. The third-order valence-electron chi connectivity index (χ3n) is 5.79.